The van der Waals surface area contributed by atoms with Gasteiger partial charge in [-0.15, -0.1) is 10.2 Å². The van der Waals surface area contributed by atoms with Gasteiger partial charge < -0.3 is 0 Å². The molecule has 0 aromatic heterocycles. The lowest BCUT2D eigenvalue weighted by atomic mass is 9.79. The molecule has 1 rings (SSSR count). The SMILES string of the molecule is CC1=NC(=N)C(C)(N=NOO)CC1(C)N=NOO. The molecule has 0 aromatic rings. The van der Waals surface area contributed by atoms with E-state index in [9.17, 15) is 0 Å². The molecule has 0 saturated heterocycles. The van der Waals surface area contributed by atoms with E-state index in [2.05, 4.69) is 35.8 Å². The highest BCUT2D eigenvalue weighted by Crippen LogP contribution is 2.34. The number of nitrogens with zero attached hydrogens (tertiary/aromatic N) is 5. The van der Waals surface area contributed by atoms with Gasteiger partial charge in [0.2, 0.25) is 0 Å². The molecule has 1 heterocycles. The van der Waals surface area contributed by atoms with Gasteiger partial charge in [-0.1, -0.05) is 0 Å². The third-order valence-corrected chi connectivity index (χ3v) is 2.85. The van der Waals surface area contributed by atoms with Gasteiger partial charge >= 0.3 is 0 Å². The van der Waals surface area contributed by atoms with Crippen molar-refractivity contribution in [3.05, 3.63) is 0 Å². The first kappa shape index (κ1) is 14.1. The summed E-state index contributed by atoms with van der Waals surface area (Å²) in [4.78, 5) is 11.1. The lowest BCUT2D eigenvalue weighted by molar-refractivity contribution is -0.253. The molecule has 10 heteroatoms. The quantitative estimate of drug-likeness (QED) is 0.402. The summed E-state index contributed by atoms with van der Waals surface area (Å²) in [5.41, 5.74) is -1.51. The van der Waals surface area contributed by atoms with Crippen molar-refractivity contribution in [3.63, 3.8) is 0 Å². The van der Waals surface area contributed by atoms with Gasteiger partial charge in [-0.05, 0) is 20.8 Å². The predicted octanol–water partition coefficient (Wildman–Crippen LogP) is 2.06. The van der Waals surface area contributed by atoms with Crippen molar-refractivity contribution >= 4 is 11.5 Å². The van der Waals surface area contributed by atoms with Crippen LogP contribution in [0.2, 0.25) is 0 Å². The Hall–Kier alpha value is -1.94. The van der Waals surface area contributed by atoms with Crippen molar-refractivity contribution in [1.29, 1.82) is 5.41 Å². The fourth-order valence-electron chi connectivity index (χ4n) is 1.70. The second kappa shape index (κ2) is 5.14. The highest BCUT2D eigenvalue weighted by Gasteiger charge is 2.46. The summed E-state index contributed by atoms with van der Waals surface area (Å²) < 4.78 is 0. The van der Waals surface area contributed by atoms with Crippen molar-refractivity contribution in [2.75, 3.05) is 0 Å². The zero-order valence-corrected chi connectivity index (χ0v) is 10.2. The molecular weight excluding hydrogens is 244 g/mol. The van der Waals surface area contributed by atoms with E-state index in [1.807, 2.05) is 0 Å². The lowest BCUT2D eigenvalue weighted by Crippen LogP contribution is -2.48. The van der Waals surface area contributed by atoms with Crippen LogP contribution >= 0.6 is 0 Å². The molecule has 0 saturated carbocycles. The van der Waals surface area contributed by atoms with E-state index in [-0.39, 0.29) is 12.3 Å². The zero-order valence-electron chi connectivity index (χ0n) is 10.2. The Kier molecular flexibility index (Phi) is 4.03. The van der Waals surface area contributed by atoms with Gasteiger partial charge in [0.15, 0.2) is 0 Å². The summed E-state index contributed by atoms with van der Waals surface area (Å²) in [6, 6.07) is 0. The second-order valence-electron chi connectivity index (χ2n) is 4.30. The largest absolute Gasteiger partial charge is 0.285 e. The van der Waals surface area contributed by atoms with E-state index in [0.29, 0.717) is 5.71 Å². The van der Waals surface area contributed by atoms with Gasteiger partial charge in [0, 0.05) is 12.1 Å². The van der Waals surface area contributed by atoms with Crippen molar-refractivity contribution in [3.8, 4) is 0 Å². The molecule has 0 fully saturated rings. The minimum absolute atomic E-state index is 0.0432. The number of hydrogen-bond donors (Lipinski definition) is 3. The van der Waals surface area contributed by atoms with E-state index in [0.717, 1.165) is 0 Å². The maximum atomic E-state index is 8.18. The summed E-state index contributed by atoms with van der Waals surface area (Å²) in [6.07, 6.45) is 0.202. The van der Waals surface area contributed by atoms with Gasteiger partial charge in [-0.3, -0.25) is 5.41 Å². The van der Waals surface area contributed by atoms with Crippen molar-refractivity contribution in [1.82, 2.24) is 0 Å². The van der Waals surface area contributed by atoms with Gasteiger partial charge in [0.05, 0.1) is 10.6 Å². The fourth-order valence-corrected chi connectivity index (χ4v) is 1.70. The van der Waals surface area contributed by atoms with Crippen LogP contribution in [0.1, 0.15) is 27.2 Å². The number of hydrogen-bond acceptors (Lipinski definition) is 9. The molecule has 0 spiro atoms. The summed E-state index contributed by atoms with van der Waals surface area (Å²) in [5.74, 6) is -0.0432. The summed E-state index contributed by atoms with van der Waals surface area (Å²) in [7, 11) is 0. The van der Waals surface area contributed by atoms with Crippen molar-refractivity contribution in [2.45, 2.75) is 38.3 Å². The minimum Gasteiger partial charge on any atom is -0.285 e. The third kappa shape index (κ3) is 2.65. The first-order valence-electron chi connectivity index (χ1n) is 4.98. The maximum absolute atomic E-state index is 8.18. The molecule has 10 nitrogen and oxygen atoms in total. The molecule has 1 aliphatic rings. The number of rotatable bonds is 4. The maximum Gasteiger partial charge on any atom is 0.150 e. The third-order valence-electron chi connectivity index (χ3n) is 2.85. The smallest absolute Gasteiger partial charge is 0.150 e. The molecule has 2 atom stereocenters. The standard InChI is InChI=1S/C8H14N6O4/c1-5-7(2,11-13-17-15)4-8(3,6(9)10-5)12-14-18-16/h9,15-16H,4H2,1-3H3. The Bertz CT molecular complexity index is 422. The average Bonchev–Trinajstić information content (AvgIpc) is 2.32. The van der Waals surface area contributed by atoms with E-state index in [1.54, 1.807) is 20.8 Å². The van der Waals surface area contributed by atoms with Crippen LogP contribution in [0.15, 0.2) is 25.8 Å². The normalized spacial score (nSPS) is 32.9. The van der Waals surface area contributed by atoms with Crippen molar-refractivity contribution in [2.24, 2.45) is 25.8 Å². The van der Waals surface area contributed by atoms with Gasteiger partial charge in [-0.2, -0.15) is 10.5 Å². The molecule has 0 aliphatic carbocycles. The first-order valence-corrected chi connectivity index (χ1v) is 4.98. The van der Waals surface area contributed by atoms with Crippen molar-refractivity contribution < 1.29 is 20.5 Å². The van der Waals surface area contributed by atoms with Crippen LogP contribution < -0.4 is 0 Å². The van der Waals surface area contributed by atoms with Crippen LogP contribution in [0.25, 0.3) is 0 Å². The average molecular weight is 258 g/mol. The van der Waals surface area contributed by atoms with E-state index < -0.39 is 11.1 Å². The Morgan fingerprint density at radius 3 is 2.17 bits per heavy atom. The van der Waals surface area contributed by atoms with Crippen LogP contribution in [-0.4, -0.2) is 33.1 Å². The summed E-state index contributed by atoms with van der Waals surface area (Å²) in [6.45, 7) is 4.94. The lowest BCUT2D eigenvalue weighted by Gasteiger charge is -2.35. The summed E-state index contributed by atoms with van der Waals surface area (Å²) >= 11 is 0. The Labute approximate surface area is 102 Å². The number of aliphatic imine (C=N–C) groups is 1. The zero-order chi connectivity index (χ0) is 13.8. The predicted molar refractivity (Wildman–Crippen MR) is 59.4 cm³/mol. The molecule has 1 aliphatic heterocycles. The van der Waals surface area contributed by atoms with Crippen LogP contribution in [0, 0.1) is 5.41 Å². The molecule has 2 unspecified atom stereocenters. The number of nitrogens with one attached hydrogen (secondary N) is 1. The Balaban J connectivity index is 3.12. The minimum atomic E-state index is -1.12. The molecule has 0 amide bonds. The van der Waals surface area contributed by atoms with Crippen LogP contribution in [0.3, 0.4) is 0 Å². The van der Waals surface area contributed by atoms with E-state index in [4.69, 9.17) is 15.9 Å². The molecular formula is C8H14N6O4. The van der Waals surface area contributed by atoms with Gasteiger partial charge in [-0.25, -0.2) is 15.0 Å². The fraction of sp³-hybridized carbons (Fsp3) is 0.750. The summed E-state index contributed by atoms with van der Waals surface area (Å²) in [5, 5.41) is 37.6. The van der Waals surface area contributed by atoms with Crippen LogP contribution in [-0.2, 0) is 9.98 Å². The molecule has 0 bridgehead atoms. The first-order chi connectivity index (χ1) is 8.38. The molecule has 18 heavy (non-hydrogen) atoms. The molecule has 100 valence electrons. The highest BCUT2D eigenvalue weighted by molar-refractivity contribution is 6.07. The topological polar surface area (TPSA) is 145 Å². The van der Waals surface area contributed by atoms with Gasteiger partial charge in [0.25, 0.3) is 0 Å². The van der Waals surface area contributed by atoms with E-state index >= 15 is 0 Å². The number of amidine groups is 1. The van der Waals surface area contributed by atoms with Crippen LogP contribution in [0.4, 0.5) is 0 Å². The highest BCUT2D eigenvalue weighted by atomic mass is 17.2. The molecule has 3 N–H and O–H groups in total. The molecule has 0 aromatic carbocycles. The van der Waals surface area contributed by atoms with Gasteiger partial charge in [0.1, 0.15) is 16.9 Å². The monoisotopic (exact) mass is 258 g/mol. The Morgan fingerprint density at radius 2 is 1.67 bits per heavy atom. The van der Waals surface area contributed by atoms with E-state index in [1.165, 1.54) is 0 Å². The Morgan fingerprint density at radius 1 is 1.17 bits per heavy atom. The van der Waals surface area contributed by atoms with Crippen LogP contribution in [0.5, 0.6) is 0 Å². The second-order valence-corrected chi connectivity index (χ2v) is 4.30. The molecule has 0 radical (unpaired) electrons.